The number of aliphatic carboxylic acids is 2. The minimum atomic E-state index is -4.01. The van der Waals surface area contributed by atoms with Crippen LogP contribution >= 0.6 is 0 Å². The van der Waals surface area contributed by atoms with Gasteiger partial charge in [-0.05, 0) is 12.8 Å². The fourth-order valence-corrected chi connectivity index (χ4v) is 3.57. The van der Waals surface area contributed by atoms with Crippen molar-refractivity contribution in [2.45, 2.75) is 50.6 Å². The van der Waals surface area contributed by atoms with Crippen molar-refractivity contribution in [2.24, 2.45) is 0 Å². The Labute approximate surface area is 118 Å². The summed E-state index contributed by atoms with van der Waals surface area (Å²) in [6.07, 6.45) is 3.59. The summed E-state index contributed by atoms with van der Waals surface area (Å²) < 4.78 is 27.2. The van der Waals surface area contributed by atoms with Gasteiger partial charge in [-0.2, -0.15) is 17.4 Å². The van der Waals surface area contributed by atoms with Gasteiger partial charge in [-0.3, -0.25) is 9.59 Å². The van der Waals surface area contributed by atoms with Gasteiger partial charge in [-0.25, -0.2) is 0 Å². The Morgan fingerprint density at radius 2 is 1.80 bits per heavy atom. The molecule has 3 N–H and O–H groups in total. The van der Waals surface area contributed by atoms with E-state index in [1.165, 1.54) is 7.05 Å². The van der Waals surface area contributed by atoms with Gasteiger partial charge in [0.25, 0.3) is 10.2 Å². The van der Waals surface area contributed by atoms with Crippen LogP contribution in [0.4, 0.5) is 0 Å². The van der Waals surface area contributed by atoms with Crippen molar-refractivity contribution >= 4 is 22.1 Å². The van der Waals surface area contributed by atoms with Crippen molar-refractivity contribution < 1.29 is 28.2 Å². The number of rotatable bonds is 7. The van der Waals surface area contributed by atoms with Crippen LogP contribution in [0.15, 0.2) is 0 Å². The molecule has 0 aromatic rings. The summed E-state index contributed by atoms with van der Waals surface area (Å²) in [6.45, 7) is 0. The molecule has 1 aliphatic rings. The summed E-state index contributed by atoms with van der Waals surface area (Å²) in [5.41, 5.74) is 0. The molecule has 116 valence electrons. The smallest absolute Gasteiger partial charge is 0.322 e. The van der Waals surface area contributed by atoms with Gasteiger partial charge in [0, 0.05) is 13.1 Å². The zero-order chi connectivity index (χ0) is 15.3. The Morgan fingerprint density at radius 1 is 1.25 bits per heavy atom. The lowest BCUT2D eigenvalue weighted by atomic mass is 9.96. The SMILES string of the molecule is CN(C1CCCCC1)S(=O)(=O)N[C@H](CC(=O)O)C(=O)O. The maximum Gasteiger partial charge on any atom is 0.322 e. The van der Waals surface area contributed by atoms with Gasteiger partial charge < -0.3 is 10.2 Å². The lowest BCUT2D eigenvalue weighted by Gasteiger charge is -2.31. The number of carbonyl (C=O) groups is 2. The van der Waals surface area contributed by atoms with Crippen molar-refractivity contribution in [2.75, 3.05) is 7.05 Å². The highest BCUT2D eigenvalue weighted by molar-refractivity contribution is 7.87. The van der Waals surface area contributed by atoms with E-state index in [2.05, 4.69) is 0 Å². The van der Waals surface area contributed by atoms with Crippen LogP contribution in [-0.2, 0) is 19.8 Å². The summed E-state index contributed by atoms with van der Waals surface area (Å²) in [5, 5.41) is 17.5. The number of hydrogen-bond donors (Lipinski definition) is 3. The van der Waals surface area contributed by atoms with Crippen LogP contribution in [0.1, 0.15) is 38.5 Å². The van der Waals surface area contributed by atoms with E-state index in [1.54, 1.807) is 0 Å². The van der Waals surface area contributed by atoms with Gasteiger partial charge in [0.1, 0.15) is 6.04 Å². The van der Waals surface area contributed by atoms with Crippen molar-refractivity contribution in [1.82, 2.24) is 9.03 Å². The van der Waals surface area contributed by atoms with E-state index in [9.17, 15) is 18.0 Å². The molecule has 1 aliphatic carbocycles. The molecule has 1 rings (SSSR count). The molecule has 1 saturated carbocycles. The fourth-order valence-electron chi connectivity index (χ4n) is 2.26. The van der Waals surface area contributed by atoms with Gasteiger partial charge in [0.2, 0.25) is 0 Å². The highest BCUT2D eigenvalue weighted by Gasteiger charge is 2.32. The van der Waals surface area contributed by atoms with Crippen LogP contribution in [0.3, 0.4) is 0 Å². The third-order valence-electron chi connectivity index (χ3n) is 3.44. The molecule has 8 nitrogen and oxygen atoms in total. The molecule has 0 saturated heterocycles. The molecule has 0 aromatic carbocycles. The molecule has 1 fully saturated rings. The molecule has 0 bridgehead atoms. The van der Waals surface area contributed by atoms with Crippen LogP contribution in [0.25, 0.3) is 0 Å². The molecule has 0 amide bonds. The van der Waals surface area contributed by atoms with Gasteiger partial charge in [0.05, 0.1) is 6.42 Å². The first-order valence-corrected chi connectivity index (χ1v) is 7.88. The summed E-state index contributed by atoms with van der Waals surface area (Å²) in [5.74, 6) is -2.88. The average Bonchev–Trinajstić information content (AvgIpc) is 2.37. The first-order valence-electron chi connectivity index (χ1n) is 6.44. The maximum absolute atomic E-state index is 12.1. The second kappa shape index (κ2) is 7.00. The lowest BCUT2D eigenvalue weighted by molar-refractivity contribution is -0.145. The third kappa shape index (κ3) is 4.73. The van der Waals surface area contributed by atoms with E-state index in [4.69, 9.17) is 10.2 Å². The number of hydrogen-bond acceptors (Lipinski definition) is 4. The van der Waals surface area contributed by atoms with Crippen molar-refractivity contribution in [3.8, 4) is 0 Å². The predicted molar refractivity (Wildman–Crippen MR) is 70.4 cm³/mol. The molecule has 0 spiro atoms. The predicted octanol–water partition coefficient (Wildman–Crippen LogP) is 0.0132. The lowest BCUT2D eigenvalue weighted by Crippen LogP contribution is -2.51. The van der Waals surface area contributed by atoms with Crippen LogP contribution in [0, 0.1) is 0 Å². The zero-order valence-electron chi connectivity index (χ0n) is 11.3. The van der Waals surface area contributed by atoms with Crippen molar-refractivity contribution in [1.29, 1.82) is 0 Å². The summed E-state index contributed by atoms with van der Waals surface area (Å²) in [7, 11) is -2.62. The molecule has 0 aromatic heterocycles. The number of nitrogens with one attached hydrogen (secondary N) is 1. The second-order valence-electron chi connectivity index (χ2n) is 4.92. The monoisotopic (exact) mass is 308 g/mol. The summed E-state index contributed by atoms with van der Waals surface area (Å²) in [6, 6.07) is -1.83. The molecule has 9 heteroatoms. The Morgan fingerprint density at radius 3 is 2.25 bits per heavy atom. The van der Waals surface area contributed by atoms with Gasteiger partial charge in [0.15, 0.2) is 0 Å². The Balaban J connectivity index is 2.75. The van der Waals surface area contributed by atoms with Gasteiger partial charge >= 0.3 is 11.9 Å². The van der Waals surface area contributed by atoms with Crippen molar-refractivity contribution in [3.05, 3.63) is 0 Å². The van der Waals surface area contributed by atoms with E-state index < -0.39 is 34.6 Å². The Bertz CT molecular complexity index is 458. The molecular weight excluding hydrogens is 288 g/mol. The van der Waals surface area contributed by atoms with Crippen molar-refractivity contribution in [3.63, 3.8) is 0 Å². The third-order valence-corrected chi connectivity index (χ3v) is 5.07. The highest BCUT2D eigenvalue weighted by Crippen LogP contribution is 2.23. The highest BCUT2D eigenvalue weighted by atomic mass is 32.2. The standard InChI is InChI=1S/C11H20N2O6S/c1-13(8-5-3-2-4-6-8)20(18,19)12-9(11(16)17)7-10(14)15/h8-9,12H,2-7H2,1H3,(H,14,15)(H,16,17)/t9-/m1/s1. The molecular formula is C11H20N2O6S. The van der Waals surface area contributed by atoms with E-state index >= 15 is 0 Å². The first kappa shape index (κ1) is 16.9. The van der Waals surface area contributed by atoms with E-state index in [0.717, 1.165) is 36.4 Å². The normalized spacial score (nSPS) is 18.9. The molecule has 0 radical (unpaired) electrons. The van der Waals surface area contributed by atoms with E-state index in [0.29, 0.717) is 0 Å². The van der Waals surface area contributed by atoms with Gasteiger partial charge in [-0.15, -0.1) is 0 Å². The van der Waals surface area contributed by atoms with Crippen LogP contribution in [0.5, 0.6) is 0 Å². The topological polar surface area (TPSA) is 124 Å². The number of carboxylic acids is 2. The van der Waals surface area contributed by atoms with Crippen LogP contribution in [0.2, 0.25) is 0 Å². The zero-order valence-corrected chi connectivity index (χ0v) is 12.1. The summed E-state index contributed by atoms with van der Waals surface area (Å²) >= 11 is 0. The minimum Gasteiger partial charge on any atom is -0.481 e. The minimum absolute atomic E-state index is 0.166. The second-order valence-corrected chi connectivity index (χ2v) is 6.68. The number of nitrogens with zero attached hydrogens (tertiary/aromatic N) is 1. The molecule has 1 atom stereocenters. The fraction of sp³-hybridized carbons (Fsp3) is 0.818. The van der Waals surface area contributed by atoms with Crippen LogP contribution in [-0.4, -0.2) is 54.0 Å². The Kier molecular flexibility index (Phi) is 5.90. The summed E-state index contributed by atoms with van der Waals surface area (Å²) in [4.78, 5) is 21.5. The molecule has 0 heterocycles. The maximum atomic E-state index is 12.1. The molecule has 20 heavy (non-hydrogen) atoms. The number of carboxylic acid groups (broad SMARTS) is 2. The largest absolute Gasteiger partial charge is 0.481 e. The Hall–Kier alpha value is -1.19. The van der Waals surface area contributed by atoms with Gasteiger partial charge in [-0.1, -0.05) is 19.3 Å². The first-order chi connectivity index (χ1) is 9.24. The van der Waals surface area contributed by atoms with E-state index in [-0.39, 0.29) is 6.04 Å². The quantitative estimate of drug-likeness (QED) is 0.609. The van der Waals surface area contributed by atoms with E-state index in [1.807, 2.05) is 4.72 Å². The molecule has 0 unspecified atom stereocenters. The van der Waals surface area contributed by atoms with Crippen LogP contribution < -0.4 is 4.72 Å². The average molecular weight is 308 g/mol. The molecule has 0 aliphatic heterocycles.